The number of nitrogens with one attached hydrogen (secondary N) is 1. The van der Waals surface area contributed by atoms with Gasteiger partial charge in [-0.1, -0.05) is 40.0 Å². The van der Waals surface area contributed by atoms with E-state index in [1.165, 1.54) is 18.9 Å². The van der Waals surface area contributed by atoms with E-state index in [0.717, 1.165) is 12.8 Å². The summed E-state index contributed by atoms with van der Waals surface area (Å²) in [6, 6.07) is 4.71. The Morgan fingerprint density at radius 1 is 1.29 bits per heavy atom. The molecule has 6 heteroatoms. The van der Waals surface area contributed by atoms with E-state index in [4.69, 9.17) is 5.73 Å². The van der Waals surface area contributed by atoms with Crippen LogP contribution >= 0.6 is 15.9 Å². The Hall–Kier alpha value is -0.590. The summed E-state index contributed by atoms with van der Waals surface area (Å²) in [5, 5.41) is 0. The van der Waals surface area contributed by atoms with Crippen LogP contribution in [0.5, 0.6) is 0 Å². The van der Waals surface area contributed by atoms with E-state index in [2.05, 4.69) is 41.4 Å². The Morgan fingerprint density at radius 2 is 1.95 bits per heavy atom. The Balaban J connectivity index is 2.72. The molecule has 0 aliphatic carbocycles. The molecule has 0 heterocycles. The molecule has 0 unspecified atom stereocenters. The predicted molar refractivity (Wildman–Crippen MR) is 91.7 cm³/mol. The van der Waals surface area contributed by atoms with Gasteiger partial charge in [0.15, 0.2) is 0 Å². The number of sulfonamides is 1. The van der Waals surface area contributed by atoms with Crippen molar-refractivity contribution in [2.24, 2.45) is 5.41 Å². The highest BCUT2D eigenvalue weighted by Crippen LogP contribution is 2.26. The van der Waals surface area contributed by atoms with Gasteiger partial charge in [-0.2, -0.15) is 0 Å². The topological polar surface area (TPSA) is 72.2 Å². The van der Waals surface area contributed by atoms with E-state index in [9.17, 15) is 8.42 Å². The first-order valence-electron chi connectivity index (χ1n) is 7.23. The minimum Gasteiger partial charge on any atom is -0.399 e. The molecule has 1 rings (SSSR count). The SMILES string of the molecule is CCCCCC(C)(C)CNS(=O)(=O)c1ccc(N)cc1Br. The van der Waals surface area contributed by atoms with Crippen LogP contribution < -0.4 is 10.5 Å². The summed E-state index contributed by atoms with van der Waals surface area (Å²) in [7, 11) is -3.52. The summed E-state index contributed by atoms with van der Waals surface area (Å²) in [5.41, 5.74) is 6.11. The summed E-state index contributed by atoms with van der Waals surface area (Å²) >= 11 is 3.26. The van der Waals surface area contributed by atoms with Crippen LogP contribution in [-0.4, -0.2) is 15.0 Å². The highest BCUT2D eigenvalue weighted by Gasteiger charge is 2.23. The molecule has 4 nitrogen and oxygen atoms in total. The summed E-state index contributed by atoms with van der Waals surface area (Å²) in [4.78, 5) is 0.223. The van der Waals surface area contributed by atoms with Gasteiger partial charge >= 0.3 is 0 Å². The van der Waals surface area contributed by atoms with Crippen molar-refractivity contribution in [1.82, 2.24) is 4.72 Å². The van der Waals surface area contributed by atoms with Crippen molar-refractivity contribution in [1.29, 1.82) is 0 Å². The van der Waals surface area contributed by atoms with Crippen molar-refractivity contribution in [3.05, 3.63) is 22.7 Å². The zero-order chi connectivity index (χ0) is 16.1. The molecule has 3 N–H and O–H groups in total. The molecule has 0 aliphatic rings. The van der Waals surface area contributed by atoms with Crippen LogP contribution in [-0.2, 0) is 10.0 Å². The molecule has 0 atom stereocenters. The molecule has 0 aliphatic heterocycles. The van der Waals surface area contributed by atoms with Crippen LogP contribution in [0.4, 0.5) is 5.69 Å². The third-order valence-corrected chi connectivity index (χ3v) is 5.82. The Bertz CT molecular complexity index is 571. The molecule has 0 amide bonds. The fraction of sp³-hybridized carbons (Fsp3) is 0.600. The number of nitrogen functional groups attached to an aromatic ring is 1. The molecule has 0 saturated carbocycles. The first-order chi connectivity index (χ1) is 9.68. The Morgan fingerprint density at radius 3 is 2.52 bits per heavy atom. The normalized spacial score (nSPS) is 12.6. The Kier molecular flexibility index (Phi) is 6.69. The van der Waals surface area contributed by atoms with Gasteiger partial charge in [-0.15, -0.1) is 0 Å². The molecule has 0 spiro atoms. The van der Waals surface area contributed by atoms with Crippen molar-refractivity contribution < 1.29 is 8.42 Å². The summed E-state index contributed by atoms with van der Waals surface area (Å²) < 4.78 is 27.9. The number of rotatable bonds is 8. The largest absolute Gasteiger partial charge is 0.399 e. The van der Waals surface area contributed by atoms with Crippen molar-refractivity contribution in [2.75, 3.05) is 12.3 Å². The van der Waals surface area contributed by atoms with Gasteiger partial charge in [0.1, 0.15) is 0 Å². The average molecular weight is 377 g/mol. The highest BCUT2D eigenvalue weighted by molar-refractivity contribution is 9.10. The number of halogens is 1. The van der Waals surface area contributed by atoms with Gasteiger partial charge in [0.2, 0.25) is 10.0 Å². The highest BCUT2D eigenvalue weighted by atomic mass is 79.9. The van der Waals surface area contributed by atoms with Gasteiger partial charge in [0, 0.05) is 16.7 Å². The van der Waals surface area contributed by atoms with Crippen LogP contribution in [0.25, 0.3) is 0 Å². The minimum atomic E-state index is -3.52. The van der Waals surface area contributed by atoms with Crippen molar-refractivity contribution >= 4 is 31.6 Å². The van der Waals surface area contributed by atoms with E-state index in [-0.39, 0.29) is 10.3 Å². The smallest absolute Gasteiger partial charge is 0.241 e. The molecule has 1 aromatic carbocycles. The summed E-state index contributed by atoms with van der Waals surface area (Å²) in [6.07, 6.45) is 4.48. The molecule has 0 radical (unpaired) electrons. The number of benzene rings is 1. The lowest BCUT2D eigenvalue weighted by molar-refractivity contribution is 0.320. The minimum absolute atomic E-state index is 0.0531. The Labute approximate surface area is 136 Å². The molecule has 0 saturated heterocycles. The van der Waals surface area contributed by atoms with Gasteiger partial charge in [0.05, 0.1) is 4.90 Å². The second-order valence-electron chi connectivity index (χ2n) is 6.14. The number of unbranched alkanes of at least 4 members (excludes halogenated alkanes) is 2. The third-order valence-electron chi connectivity index (χ3n) is 3.44. The van der Waals surface area contributed by atoms with E-state index >= 15 is 0 Å². The number of hydrogen-bond donors (Lipinski definition) is 2. The molecule has 1 aromatic rings. The van der Waals surface area contributed by atoms with Gasteiger partial charge in [-0.3, -0.25) is 0 Å². The van der Waals surface area contributed by atoms with Crippen LogP contribution in [0, 0.1) is 5.41 Å². The van der Waals surface area contributed by atoms with Gasteiger partial charge in [-0.25, -0.2) is 13.1 Å². The van der Waals surface area contributed by atoms with E-state index in [0.29, 0.717) is 16.7 Å². The number of hydrogen-bond acceptors (Lipinski definition) is 3. The van der Waals surface area contributed by atoms with Gasteiger partial charge < -0.3 is 5.73 Å². The maximum atomic E-state index is 12.4. The van der Waals surface area contributed by atoms with Crippen LogP contribution in [0.2, 0.25) is 0 Å². The fourth-order valence-electron chi connectivity index (χ4n) is 2.05. The van der Waals surface area contributed by atoms with Crippen molar-refractivity contribution in [3.8, 4) is 0 Å². The first kappa shape index (κ1) is 18.5. The van der Waals surface area contributed by atoms with Gasteiger partial charge in [0.25, 0.3) is 0 Å². The number of nitrogens with two attached hydrogens (primary N) is 1. The average Bonchev–Trinajstić information content (AvgIpc) is 2.36. The lowest BCUT2D eigenvalue weighted by atomic mass is 9.87. The molecular formula is C15H25BrN2O2S. The summed E-state index contributed by atoms with van der Waals surface area (Å²) in [5.74, 6) is 0. The lowest BCUT2D eigenvalue weighted by Crippen LogP contribution is -2.34. The third kappa shape index (κ3) is 5.96. The fourth-order valence-corrected chi connectivity index (χ4v) is 4.38. The van der Waals surface area contributed by atoms with Crippen LogP contribution in [0.15, 0.2) is 27.6 Å². The zero-order valence-electron chi connectivity index (χ0n) is 12.9. The molecule has 120 valence electrons. The van der Waals surface area contributed by atoms with Crippen molar-refractivity contribution in [3.63, 3.8) is 0 Å². The molecule has 0 bridgehead atoms. The zero-order valence-corrected chi connectivity index (χ0v) is 15.4. The van der Waals surface area contributed by atoms with Crippen LogP contribution in [0.3, 0.4) is 0 Å². The van der Waals surface area contributed by atoms with E-state index < -0.39 is 10.0 Å². The molecule has 21 heavy (non-hydrogen) atoms. The standard InChI is InChI=1S/C15H25BrN2O2S/c1-4-5-6-9-15(2,3)11-18-21(19,20)14-8-7-12(17)10-13(14)16/h7-8,10,18H,4-6,9,11,17H2,1-3H3. The lowest BCUT2D eigenvalue weighted by Gasteiger charge is -2.25. The molecule has 0 aromatic heterocycles. The van der Waals surface area contributed by atoms with Crippen molar-refractivity contribution in [2.45, 2.75) is 51.3 Å². The van der Waals surface area contributed by atoms with Gasteiger partial charge in [-0.05, 0) is 46.0 Å². The maximum absolute atomic E-state index is 12.4. The van der Waals surface area contributed by atoms with E-state index in [1.54, 1.807) is 12.1 Å². The van der Waals surface area contributed by atoms with E-state index in [1.807, 2.05) is 0 Å². The molecular weight excluding hydrogens is 352 g/mol. The van der Waals surface area contributed by atoms with Crippen LogP contribution in [0.1, 0.15) is 46.5 Å². The second-order valence-corrected chi connectivity index (χ2v) is 8.73. The molecule has 0 fully saturated rings. The number of anilines is 1. The maximum Gasteiger partial charge on any atom is 0.241 e. The predicted octanol–water partition coefficient (Wildman–Crippen LogP) is 3.92. The quantitative estimate of drug-likeness (QED) is 0.533. The monoisotopic (exact) mass is 376 g/mol. The second kappa shape index (κ2) is 7.61. The first-order valence-corrected chi connectivity index (χ1v) is 9.50. The summed E-state index contributed by atoms with van der Waals surface area (Å²) in [6.45, 7) is 6.76.